The van der Waals surface area contributed by atoms with Gasteiger partial charge in [-0.2, -0.15) is 13.2 Å². The van der Waals surface area contributed by atoms with Crippen LogP contribution in [0.1, 0.15) is 37.9 Å². The third-order valence-electron chi connectivity index (χ3n) is 2.86. The van der Waals surface area contributed by atoms with E-state index >= 15 is 0 Å². The fraction of sp³-hybridized carbons (Fsp3) is 0.727. The molecule has 1 aliphatic rings. The maximum absolute atomic E-state index is 12.1. The van der Waals surface area contributed by atoms with E-state index in [1.165, 1.54) is 0 Å². The first-order valence-electron chi connectivity index (χ1n) is 5.76. The topological polar surface area (TPSA) is 29.9 Å². The van der Waals surface area contributed by atoms with Gasteiger partial charge in [0.05, 0.1) is 18.4 Å². The molecule has 1 fully saturated rings. The van der Waals surface area contributed by atoms with Crippen LogP contribution in [0.5, 0.6) is 0 Å². The van der Waals surface area contributed by atoms with Crippen molar-refractivity contribution < 1.29 is 13.2 Å². The van der Waals surface area contributed by atoms with Crippen molar-refractivity contribution in [2.75, 3.05) is 0 Å². The third kappa shape index (κ3) is 3.73. The van der Waals surface area contributed by atoms with Gasteiger partial charge in [-0.1, -0.05) is 0 Å². The van der Waals surface area contributed by atoms with E-state index in [0.717, 1.165) is 18.5 Å². The van der Waals surface area contributed by atoms with E-state index < -0.39 is 18.6 Å². The van der Waals surface area contributed by atoms with Gasteiger partial charge >= 0.3 is 6.18 Å². The Morgan fingerprint density at radius 3 is 2.82 bits per heavy atom. The summed E-state index contributed by atoms with van der Waals surface area (Å²) < 4.78 is 38.4. The molecule has 0 saturated heterocycles. The Kier molecular flexibility index (Phi) is 3.42. The summed E-state index contributed by atoms with van der Waals surface area (Å²) in [6.45, 7) is 1.99. The second-order valence-electron chi connectivity index (χ2n) is 4.62. The molecule has 1 heterocycles. The second-order valence-corrected chi connectivity index (χ2v) is 4.62. The highest BCUT2D eigenvalue weighted by molar-refractivity contribution is 5.03. The van der Waals surface area contributed by atoms with Gasteiger partial charge in [0.1, 0.15) is 0 Å². The van der Waals surface area contributed by atoms with E-state index in [4.69, 9.17) is 0 Å². The minimum atomic E-state index is -4.11. The average Bonchev–Trinajstić information content (AvgIpc) is 2.92. The summed E-state index contributed by atoms with van der Waals surface area (Å²) in [5.41, 5.74) is 0.960. The molecule has 3 nitrogen and oxygen atoms in total. The molecule has 0 spiro atoms. The van der Waals surface area contributed by atoms with Crippen LogP contribution < -0.4 is 5.32 Å². The van der Waals surface area contributed by atoms with Gasteiger partial charge in [-0.05, 0) is 19.8 Å². The fourth-order valence-electron chi connectivity index (χ4n) is 1.85. The number of imidazole rings is 1. The number of halogens is 3. The number of nitrogens with zero attached hydrogens (tertiary/aromatic N) is 2. The largest absolute Gasteiger partial charge is 0.390 e. The zero-order valence-electron chi connectivity index (χ0n) is 9.67. The molecule has 1 saturated carbocycles. The van der Waals surface area contributed by atoms with Crippen LogP contribution in [0.2, 0.25) is 0 Å². The van der Waals surface area contributed by atoms with E-state index in [9.17, 15) is 13.2 Å². The van der Waals surface area contributed by atoms with Gasteiger partial charge < -0.3 is 9.88 Å². The number of nitrogens with one attached hydrogen (secondary N) is 1. The lowest BCUT2D eigenvalue weighted by Crippen LogP contribution is -2.31. The SMILES string of the molecule is CC(CC(F)(F)F)NCc1cncn1C1CC1. The van der Waals surface area contributed by atoms with Gasteiger partial charge in [-0.15, -0.1) is 0 Å². The van der Waals surface area contributed by atoms with Gasteiger partial charge in [0.25, 0.3) is 0 Å². The number of hydrogen-bond acceptors (Lipinski definition) is 2. The van der Waals surface area contributed by atoms with Gasteiger partial charge in [-0.3, -0.25) is 0 Å². The smallest absolute Gasteiger partial charge is 0.330 e. The lowest BCUT2D eigenvalue weighted by atomic mass is 10.2. The molecule has 6 heteroatoms. The molecule has 96 valence electrons. The molecule has 1 aliphatic carbocycles. The fourth-order valence-corrected chi connectivity index (χ4v) is 1.85. The van der Waals surface area contributed by atoms with Crippen LogP contribution in [0.4, 0.5) is 13.2 Å². The predicted octanol–water partition coefficient (Wildman–Crippen LogP) is 2.65. The monoisotopic (exact) mass is 247 g/mol. The minimum Gasteiger partial charge on any atom is -0.330 e. The van der Waals surface area contributed by atoms with Crippen molar-refractivity contribution in [1.29, 1.82) is 0 Å². The minimum absolute atomic E-state index is 0.438. The van der Waals surface area contributed by atoms with E-state index in [-0.39, 0.29) is 0 Å². The number of aromatic nitrogens is 2. The highest BCUT2D eigenvalue weighted by Gasteiger charge is 2.30. The van der Waals surface area contributed by atoms with Crippen LogP contribution in [0.25, 0.3) is 0 Å². The summed E-state index contributed by atoms with van der Waals surface area (Å²) in [6.07, 6.45) is 0.839. The van der Waals surface area contributed by atoms with Crippen LogP contribution >= 0.6 is 0 Å². The molecule has 0 aromatic carbocycles. The number of rotatable bonds is 5. The molecule has 2 rings (SSSR count). The standard InChI is InChI=1S/C11H16F3N3/c1-8(4-11(12,13)14)16-6-10-5-15-7-17(10)9-2-3-9/h5,7-9,16H,2-4,6H2,1H3. The highest BCUT2D eigenvalue weighted by atomic mass is 19.4. The summed E-state index contributed by atoms with van der Waals surface area (Å²) in [7, 11) is 0. The Bertz CT molecular complexity index is 368. The van der Waals surface area contributed by atoms with Crippen molar-refractivity contribution >= 4 is 0 Å². The van der Waals surface area contributed by atoms with Crippen molar-refractivity contribution in [3.8, 4) is 0 Å². The molecule has 17 heavy (non-hydrogen) atoms. The van der Waals surface area contributed by atoms with Crippen LogP contribution in [-0.2, 0) is 6.54 Å². The maximum atomic E-state index is 12.1. The summed E-state index contributed by atoms with van der Waals surface area (Å²) in [5.74, 6) is 0. The maximum Gasteiger partial charge on any atom is 0.390 e. The van der Waals surface area contributed by atoms with Crippen molar-refractivity contribution in [2.45, 2.75) is 51.0 Å². The zero-order valence-corrected chi connectivity index (χ0v) is 9.67. The lowest BCUT2D eigenvalue weighted by molar-refractivity contribution is -0.139. The van der Waals surface area contributed by atoms with Crippen molar-refractivity contribution in [1.82, 2.24) is 14.9 Å². The van der Waals surface area contributed by atoms with Gasteiger partial charge in [0, 0.05) is 24.8 Å². The Morgan fingerprint density at radius 2 is 2.24 bits per heavy atom. The van der Waals surface area contributed by atoms with E-state index in [1.54, 1.807) is 19.4 Å². The van der Waals surface area contributed by atoms with E-state index in [2.05, 4.69) is 10.3 Å². The second kappa shape index (κ2) is 4.68. The predicted molar refractivity (Wildman–Crippen MR) is 57.5 cm³/mol. The zero-order chi connectivity index (χ0) is 12.5. The number of alkyl halides is 3. The number of hydrogen-bond donors (Lipinski definition) is 1. The molecule has 0 bridgehead atoms. The van der Waals surface area contributed by atoms with Crippen LogP contribution in [-0.4, -0.2) is 21.8 Å². The van der Waals surface area contributed by atoms with Crippen molar-refractivity contribution in [3.05, 3.63) is 18.2 Å². The van der Waals surface area contributed by atoms with Crippen LogP contribution in [0, 0.1) is 0 Å². The van der Waals surface area contributed by atoms with Gasteiger partial charge in [0.2, 0.25) is 0 Å². The molecule has 1 aromatic rings. The Hall–Kier alpha value is -1.04. The molecule has 0 aliphatic heterocycles. The summed E-state index contributed by atoms with van der Waals surface area (Å²) in [5, 5.41) is 2.88. The van der Waals surface area contributed by atoms with E-state index in [0.29, 0.717) is 12.6 Å². The summed E-state index contributed by atoms with van der Waals surface area (Å²) in [6, 6.07) is -0.0650. The first-order valence-corrected chi connectivity index (χ1v) is 5.76. The average molecular weight is 247 g/mol. The quantitative estimate of drug-likeness (QED) is 0.866. The molecule has 0 radical (unpaired) electrons. The van der Waals surface area contributed by atoms with E-state index in [1.807, 2.05) is 4.57 Å². The van der Waals surface area contributed by atoms with Crippen LogP contribution in [0.15, 0.2) is 12.5 Å². The molecule has 0 amide bonds. The lowest BCUT2D eigenvalue weighted by Gasteiger charge is -2.16. The summed E-state index contributed by atoms with van der Waals surface area (Å²) >= 11 is 0. The Morgan fingerprint density at radius 1 is 1.53 bits per heavy atom. The van der Waals surface area contributed by atoms with Crippen molar-refractivity contribution in [3.63, 3.8) is 0 Å². The van der Waals surface area contributed by atoms with Gasteiger partial charge in [0.15, 0.2) is 0 Å². The van der Waals surface area contributed by atoms with Crippen LogP contribution in [0.3, 0.4) is 0 Å². The van der Waals surface area contributed by atoms with Crippen molar-refractivity contribution in [2.24, 2.45) is 0 Å². The highest BCUT2D eigenvalue weighted by Crippen LogP contribution is 2.35. The Balaban J connectivity index is 1.83. The molecular weight excluding hydrogens is 231 g/mol. The molecule has 1 unspecified atom stereocenters. The molecular formula is C11H16F3N3. The van der Waals surface area contributed by atoms with Gasteiger partial charge in [-0.25, -0.2) is 4.98 Å². The first kappa shape index (κ1) is 12.4. The molecule has 1 N–H and O–H groups in total. The normalized spacial score (nSPS) is 18.4. The summed E-state index contributed by atoms with van der Waals surface area (Å²) in [4.78, 5) is 4.04. The third-order valence-corrected chi connectivity index (χ3v) is 2.86. The molecule has 1 atom stereocenters. The first-order chi connectivity index (χ1) is 7.96. The molecule has 1 aromatic heterocycles. The Labute approximate surface area is 98.0 Å².